The van der Waals surface area contributed by atoms with Crippen LogP contribution < -0.4 is 10.1 Å². The van der Waals surface area contributed by atoms with E-state index < -0.39 is 45.1 Å². The van der Waals surface area contributed by atoms with Crippen molar-refractivity contribution in [2.45, 2.75) is 32.7 Å². The van der Waals surface area contributed by atoms with Crippen molar-refractivity contribution in [1.82, 2.24) is 4.57 Å². The van der Waals surface area contributed by atoms with E-state index in [4.69, 9.17) is 15.9 Å². The van der Waals surface area contributed by atoms with Crippen LogP contribution in [0.25, 0.3) is 10.2 Å². The molecule has 14 heteroatoms. The highest BCUT2D eigenvalue weighted by atomic mass is 32.2. The summed E-state index contributed by atoms with van der Waals surface area (Å²) in [6.45, 7) is 2.14. The fraction of sp³-hybridized carbons (Fsp3) is 0.370. The van der Waals surface area contributed by atoms with Crippen LogP contribution in [0.15, 0.2) is 23.2 Å². The first-order valence-corrected chi connectivity index (χ1v) is 15.9. The summed E-state index contributed by atoms with van der Waals surface area (Å²) in [6.07, 6.45) is 7.76. The molecule has 2 amide bonds. The number of sulfone groups is 1. The number of nitrogens with zero attached hydrogens (tertiary/aromatic N) is 2. The summed E-state index contributed by atoms with van der Waals surface area (Å²) < 4.78 is 37.3. The Morgan fingerprint density at radius 2 is 1.88 bits per heavy atom. The third kappa shape index (κ3) is 6.75. The van der Waals surface area contributed by atoms with Crippen LogP contribution in [0, 0.1) is 18.3 Å². The van der Waals surface area contributed by atoms with E-state index in [-0.39, 0.29) is 27.5 Å². The Kier molecular flexibility index (Phi) is 9.11. The Labute approximate surface area is 244 Å². The Morgan fingerprint density at radius 1 is 1.15 bits per heavy atom. The maximum atomic E-state index is 12.8. The molecule has 1 atom stereocenters. The average molecular weight is 618 g/mol. The molecule has 1 N–H and O–H groups in total. The van der Waals surface area contributed by atoms with Gasteiger partial charge >= 0.3 is 11.9 Å². The number of carbonyl (C=O) groups excluding carboxylic acids is 4. The molecule has 2 heterocycles. The summed E-state index contributed by atoms with van der Waals surface area (Å²) in [5.74, 6) is -2.13. The lowest BCUT2D eigenvalue weighted by Gasteiger charge is -2.18. The van der Waals surface area contributed by atoms with Crippen LogP contribution in [0.5, 0.6) is 0 Å². The molecule has 11 nitrogen and oxygen atoms in total. The van der Waals surface area contributed by atoms with E-state index in [0.717, 1.165) is 34.6 Å². The van der Waals surface area contributed by atoms with Crippen LogP contribution in [-0.4, -0.2) is 62.5 Å². The minimum atomic E-state index is -4.22. The van der Waals surface area contributed by atoms with E-state index in [2.05, 4.69) is 23.2 Å². The highest BCUT2D eigenvalue weighted by molar-refractivity contribution is 7.92. The molecular weight excluding hydrogens is 591 g/mol. The summed E-state index contributed by atoms with van der Waals surface area (Å²) in [6, 6.07) is 4.74. The zero-order valence-electron chi connectivity index (χ0n) is 22.5. The Morgan fingerprint density at radius 3 is 2.56 bits per heavy atom. The van der Waals surface area contributed by atoms with Gasteiger partial charge in [0.2, 0.25) is 5.91 Å². The number of terminal acetylenes is 1. The van der Waals surface area contributed by atoms with Gasteiger partial charge < -0.3 is 19.4 Å². The molecule has 1 aliphatic rings. The predicted molar refractivity (Wildman–Crippen MR) is 155 cm³/mol. The molecular formula is C27H27N3O8S3. The number of fused-ring (bicyclic) bond motifs is 2. The molecule has 0 spiro atoms. The van der Waals surface area contributed by atoms with Crippen LogP contribution in [-0.2, 0) is 48.3 Å². The summed E-state index contributed by atoms with van der Waals surface area (Å²) >= 11 is 2.28. The van der Waals surface area contributed by atoms with Crippen molar-refractivity contribution in [2.24, 2.45) is 10.9 Å². The summed E-state index contributed by atoms with van der Waals surface area (Å²) in [5.41, 5.74) is 1.95. The molecule has 0 bridgehead atoms. The standard InChI is InChI=1S/C27H27N3O8S3/c1-5-10-30-18-9-7-16(25(33)37-3)12-20(18)40-27(30)29-22(32)14-41(35,36)13-21(31)28-24-23(26(34)38-4)17-8-6-15(2)11-19(17)39-24/h1,7,9,12,15H,6,8,10-11,13-14H2,2-4H3,(H,28,31). The minimum absolute atomic E-state index is 0.0466. The monoisotopic (exact) mass is 617 g/mol. The smallest absolute Gasteiger partial charge is 0.341 e. The first kappa shape index (κ1) is 30.2. The van der Waals surface area contributed by atoms with Crippen molar-refractivity contribution in [3.05, 3.63) is 44.6 Å². The molecule has 0 radical (unpaired) electrons. The van der Waals surface area contributed by atoms with E-state index in [0.29, 0.717) is 22.6 Å². The Balaban J connectivity index is 1.53. The zero-order chi connectivity index (χ0) is 29.9. The number of methoxy groups -OCH3 is 2. The lowest BCUT2D eigenvalue weighted by atomic mass is 9.88. The van der Waals surface area contributed by atoms with Crippen molar-refractivity contribution in [3.8, 4) is 12.3 Å². The number of rotatable bonds is 8. The number of thiazole rings is 1. The van der Waals surface area contributed by atoms with Gasteiger partial charge in [-0.1, -0.05) is 24.2 Å². The number of ether oxygens (including phenoxy) is 2. The number of carbonyl (C=O) groups is 4. The summed E-state index contributed by atoms with van der Waals surface area (Å²) in [7, 11) is -1.72. The number of esters is 2. The van der Waals surface area contributed by atoms with Gasteiger partial charge in [0.25, 0.3) is 5.91 Å². The third-order valence-corrected chi connectivity index (χ3v) is 10.0. The van der Waals surface area contributed by atoms with Crippen LogP contribution in [0.3, 0.4) is 0 Å². The van der Waals surface area contributed by atoms with Gasteiger partial charge in [-0.15, -0.1) is 17.8 Å². The van der Waals surface area contributed by atoms with Gasteiger partial charge in [0.15, 0.2) is 14.6 Å². The summed E-state index contributed by atoms with van der Waals surface area (Å²) in [4.78, 5) is 54.8. The fourth-order valence-electron chi connectivity index (χ4n) is 4.54. The second kappa shape index (κ2) is 12.4. The maximum absolute atomic E-state index is 12.8. The molecule has 41 heavy (non-hydrogen) atoms. The van der Waals surface area contributed by atoms with E-state index in [1.165, 1.54) is 25.6 Å². The number of anilines is 1. The van der Waals surface area contributed by atoms with Crippen LogP contribution in [0.2, 0.25) is 0 Å². The highest BCUT2D eigenvalue weighted by Gasteiger charge is 2.30. The van der Waals surface area contributed by atoms with Crippen molar-refractivity contribution < 1.29 is 37.1 Å². The quantitative estimate of drug-likeness (QED) is 0.299. The van der Waals surface area contributed by atoms with Crippen molar-refractivity contribution in [3.63, 3.8) is 0 Å². The SMILES string of the molecule is C#CCn1c(=NC(=O)CS(=O)(=O)CC(=O)Nc2sc3c(c2C(=O)OC)CCC(C)C3)sc2cc(C(=O)OC)ccc21. The Hall–Kier alpha value is -3.80. The van der Waals surface area contributed by atoms with Crippen molar-refractivity contribution in [2.75, 3.05) is 31.0 Å². The van der Waals surface area contributed by atoms with Gasteiger partial charge in [-0.2, -0.15) is 4.99 Å². The molecule has 0 saturated carbocycles. The minimum Gasteiger partial charge on any atom is -0.465 e. The fourth-order valence-corrected chi connectivity index (χ4v) is 8.06. The third-order valence-electron chi connectivity index (χ3n) is 6.42. The first-order valence-electron chi connectivity index (χ1n) is 12.4. The normalized spacial score (nSPS) is 15.2. The second-order valence-electron chi connectivity index (χ2n) is 9.48. The zero-order valence-corrected chi connectivity index (χ0v) is 25.0. The number of benzene rings is 1. The second-order valence-corrected chi connectivity index (χ2v) is 13.7. The molecule has 0 saturated heterocycles. The molecule has 3 aromatic rings. The molecule has 1 aliphatic carbocycles. The van der Waals surface area contributed by atoms with Gasteiger partial charge in [-0.3, -0.25) is 9.59 Å². The van der Waals surface area contributed by atoms with Gasteiger partial charge in [0.05, 0.1) is 42.1 Å². The van der Waals surface area contributed by atoms with E-state index >= 15 is 0 Å². The van der Waals surface area contributed by atoms with Gasteiger partial charge in [-0.25, -0.2) is 18.0 Å². The Bertz CT molecular complexity index is 1770. The largest absolute Gasteiger partial charge is 0.465 e. The van der Waals surface area contributed by atoms with E-state index in [9.17, 15) is 27.6 Å². The summed E-state index contributed by atoms with van der Waals surface area (Å²) in [5, 5.41) is 2.77. The van der Waals surface area contributed by atoms with E-state index in [1.807, 2.05) is 0 Å². The number of hydrogen-bond acceptors (Lipinski definition) is 10. The predicted octanol–water partition coefficient (Wildman–Crippen LogP) is 2.58. The lowest BCUT2D eigenvalue weighted by Crippen LogP contribution is -2.28. The number of nitrogens with one attached hydrogen (secondary N) is 1. The topological polar surface area (TPSA) is 150 Å². The highest BCUT2D eigenvalue weighted by Crippen LogP contribution is 2.40. The molecule has 0 aliphatic heterocycles. The van der Waals surface area contributed by atoms with Crippen LogP contribution in [0.4, 0.5) is 5.00 Å². The molecule has 1 unspecified atom stereocenters. The van der Waals surface area contributed by atoms with Gasteiger partial charge in [0.1, 0.15) is 16.5 Å². The lowest BCUT2D eigenvalue weighted by molar-refractivity contribution is -0.115. The number of aromatic nitrogens is 1. The van der Waals surface area contributed by atoms with Crippen molar-refractivity contribution in [1.29, 1.82) is 0 Å². The molecule has 0 fully saturated rings. The first-order chi connectivity index (χ1) is 19.5. The number of thiophene rings is 1. The number of amides is 2. The van der Waals surface area contributed by atoms with Crippen LogP contribution in [0.1, 0.15) is 44.5 Å². The maximum Gasteiger partial charge on any atom is 0.341 e. The van der Waals surface area contributed by atoms with Crippen molar-refractivity contribution >= 4 is 71.5 Å². The van der Waals surface area contributed by atoms with Gasteiger partial charge in [0, 0.05) is 4.88 Å². The van der Waals surface area contributed by atoms with Crippen LogP contribution >= 0.6 is 22.7 Å². The van der Waals surface area contributed by atoms with E-state index in [1.54, 1.807) is 22.8 Å². The number of hydrogen-bond donors (Lipinski definition) is 1. The average Bonchev–Trinajstić information content (AvgIpc) is 3.43. The molecule has 4 rings (SSSR count). The van der Waals surface area contributed by atoms with Gasteiger partial charge in [-0.05, 0) is 48.9 Å². The molecule has 1 aromatic carbocycles. The molecule has 216 valence electrons. The molecule has 2 aromatic heterocycles.